The van der Waals surface area contributed by atoms with Gasteiger partial charge in [-0.3, -0.25) is 9.10 Å². The summed E-state index contributed by atoms with van der Waals surface area (Å²) in [5.74, 6) is -0.595. The third-order valence-corrected chi connectivity index (χ3v) is 7.04. The number of amides is 1. The van der Waals surface area contributed by atoms with Crippen LogP contribution < -0.4 is 9.73 Å². The SMILES string of the molecule is Cc1cc(Cl)ccc1N(CC(=O)N/N=C\c1cc(C)n(-c2cc(Cl)ccc2Cl)c1C)S(C)(=O)=O. The number of benzene rings is 2. The molecule has 1 amide bonds. The molecule has 3 aromatic rings. The van der Waals surface area contributed by atoms with E-state index in [1.807, 2.05) is 24.5 Å². The van der Waals surface area contributed by atoms with Gasteiger partial charge in [-0.1, -0.05) is 34.8 Å². The minimum atomic E-state index is -3.72. The van der Waals surface area contributed by atoms with E-state index in [9.17, 15) is 13.2 Å². The molecule has 0 aliphatic heterocycles. The van der Waals surface area contributed by atoms with E-state index < -0.39 is 22.5 Å². The quantitative estimate of drug-likeness (QED) is 0.326. The van der Waals surface area contributed by atoms with Crippen LogP contribution in [0, 0.1) is 20.8 Å². The van der Waals surface area contributed by atoms with Crippen molar-refractivity contribution in [3.8, 4) is 5.69 Å². The zero-order chi connectivity index (χ0) is 25.2. The van der Waals surface area contributed by atoms with Crippen molar-refractivity contribution in [2.75, 3.05) is 17.1 Å². The van der Waals surface area contributed by atoms with Crippen molar-refractivity contribution >= 4 is 62.6 Å². The lowest BCUT2D eigenvalue weighted by Crippen LogP contribution is -2.39. The molecule has 0 bridgehead atoms. The molecule has 0 saturated carbocycles. The van der Waals surface area contributed by atoms with Gasteiger partial charge < -0.3 is 4.57 Å². The molecule has 1 aromatic heterocycles. The summed E-state index contributed by atoms with van der Waals surface area (Å²) in [4.78, 5) is 12.5. The molecule has 0 aliphatic carbocycles. The Balaban J connectivity index is 1.79. The van der Waals surface area contributed by atoms with Gasteiger partial charge in [-0.2, -0.15) is 5.10 Å². The molecule has 34 heavy (non-hydrogen) atoms. The molecule has 0 fully saturated rings. The van der Waals surface area contributed by atoms with Gasteiger partial charge in [-0.05, 0) is 68.8 Å². The first-order chi connectivity index (χ1) is 15.9. The fraction of sp³-hybridized carbons (Fsp3) is 0.217. The van der Waals surface area contributed by atoms with E-state index in [0.29, 0.717) is 26.3 Å². The van der Waals surface area contributed by atoms with Crippen molar-refractivity contribution in [2.45, 2.75) is 20.8 Å². The molecule has 0 aliphatic rings. The lowest BCUT2D eigenvalue weighted by Gasteiger charge is -2.23. The molecule has 0 saturated heterocycles. The smallest absolute Gasteiger partial charge is 0.260 e. The normalized spacial score (nSPS) is 11.7. The van der Waals surface area contributed by atoms with Crippen LogP contribution in [0.3, 0.4) is 0 Å². The Morgan fingerprint density at radius 2 is 1.71 bits per heavy atom. The van der Waals surface area contributed by atoms with E-state index >= 15 is 0 Å². The van der Waals surface area contributed by atoms with E-state index in [-0.39, 0.29) is 0 Å². The Hall–Kier alpha value is -2.52. The topological polar surface area (TPSA) is 83.8 Å². The number of hydrazone groups is 1. The molecule has 180 valence electrons. The van der Waals surface area contributed by atoms with Gasteiger partial charge in [-0.15, -0.1) is 0 Å². The molecule has 11 heteroatoms. The molecular weight excluding hydrogens is 519 g/mol. The minimum Gasteiger partial charge on any atom is -0.316 e. The number of nitrogens with one attached hydrogen (secondary N) is 1. The number of aryl methyl sites for hydroxylation is 2. The average molecular weight is 542 g/mol. The number of nitrogens with zero attached hydrogens (tertiary/aromatic N) is 3. The van der Waals surface area contributed by atoms with Gasteiger partial charge in [0.1, 0.15) is 6.54 Å². The number of aromatic nitrogens is 1. The Morgan fingerprint density at radius 3 is 2.35 bits per heavy atom. The fourth-order valence-electron chi connectivity index (χ4n) is 3.57. The number of carbonyl (C=O) groups excluding carboxylic acids is 1. The number of hydrogen-bond acceptors (Lipinski definition) is 4. The summed E-state index contributed by atoms with van der Waals surface area (Å²) < 4.78 is 27.6. The number of halogens is 3. The third-order valence-electron chi connectivity index (χ3n) is 5.13. The van der Waals surface area contributed by atoms with Crippen LogP contribution in [0.2, 0.25) is 15.1 Å². The Bertz CT molecular complexity index is 1380. The number of hydrogen-bond donors (Lipinski definition) is 1. The summed E-state index contributed by atoms with van der Waals surface area (Å²) in [5.41, 5.74) is 6.61. The zero-order valence-corrected chi connectivity index (χ0v) is 22.0. The van der Waals surface area contributed by atoms with Gasteiger partial charge in [-0.25, -0.2) is 13.8 Å². The largest absolute Gasteiger partial charge is 0.316 e. The maximum atomic E-state index is 12.5. The number of rotatable bonds is 7. The van der Waals surface area contributed by atoms with Crippen LogP contribution in [0.15, 0.2) is 47.6 Å². The minimum absolute atomic E-state index is 0.368. The first kappa shape index (κ1) is 26.1. The fourth-order valence-corrected chi connectivity index (χ4v) is 5.07. The van der Waals surface area contributed by atoms with Crippen molar-refractivity contribution in [2.24, 2.45) is 5.10 Å². The molecular formula is C23H23Cl3N4O3S. The molecule has 1 N–H and O–H groups in total. The van der Waals surface area contributed by atoms with Crippen LogP contribution in [0.25, 0.3) is 5.69 Å². The first-order valence-corrected chi connectivity index (χ1v) is 13.1. The highest BCUT2D eigenvalue weighted by Gasteiger charge is 2.22. The lowest BCUT2D eigenvalue weighted by molar-refractivity contribution is -0.119. The van der Waals surface area contributed by atoms with E-state index in [2.05, 4.69) is 10.5 Å². The van der Waals surface area contributed by atoms with Crippen LogP contribution in [-0.4, -0.2) is 37.9 Å². The molecule has 0 unspecified atom stereocenters. The molecule has 1 heterocycles. The lowest BCUT2D eigenvalue weighted by atomic mass is 10.2. The second kappa shape index (κ2) is 10.4. The van der Waals surface area contributed by atoms with Gasteiger partial charge in [0.25, 0.3) is 5.91 Å². The van der Waals surface area contributed by atoms with Gasteiger partial charge in [0.05, 0.1) is 28.9 Å². The van der Waals surface area contributed by atoms with Gasteiger partial charge in [0.2, 0.25) is 10.0 Å². The number of carbonyl (C=O) groups is 1. The van der Waals surface area contributed by atoms with Crippen molar-refractivity contribution in [3.05, 3.63) is 80.0 Å². The second-order valence-corrected chi connectivity index (χ2v) is 10.9. The van der Waals surface area contributed by atoms with Crippen molar-refractivity contribution in [1.82, 2.24) is 9.99 Å². The Kier molecular flexibility index (Phi) is 7.98. The van der Waals surface area contributed by atoms with Crippen LogP contribution in [0.4, 0.5) is 5.69 Å². The van der Waals surface area contributed by atoms with Crippen molar-refractivity contribution < 1.29 is 13.2 Å². The third kappa shape index (κ3) is 5.93. The maximum Gasteiger partial charge on any atom is 0.260 e. The van der Waals surface area contributed by atoms with Gasteiger partial charge in [0.15, 0.2) is 0 Å². The molecule has 3 rings (SSSR count). The molecule has 0 radical (unpaired) electrons. The summed E-state index contributed by atoms with van der Waals surface area (Å²) in [6, 6.07) is 11.9. The zero-order valence-electron chi connectivity index (χ0n) is 18.9. The van der Waals surface area contributed by atoms with E-state index in [1.165, 1.54) is 6.21 Å². The highest BCUT2D eigenvalue weighted by Crippen LogP contribution is 2.29. The highest BCUT2D eigenvalue weighted by molar-refractivity contribution is 7.92. The Labute approximate surface area is 214 Å². The average Bonchev–Trinajstić information content (AvgIpc) is 3.01. The van der Waals surface area contributed by atoms with E-state index in [4.69, 9.17) is 34.8 Å². The standard InChI is InChI=1S/C23H23Cl3N4O3S/c1-14-9-18(24)6-8-21(14)29(34(4,32)33)13-23(31)28-27-12-17-10-15(2)30(16(17)3)22-11-19(25)5-7-20(22)26/h5-12H,13H2,1-4H3,(H,28,31)/b27-12-. The Morgan fingerprint density at radius 1 is 1.06 bits per heavy atom. The summed E-state index contributed by atoms with van der Waals surface area (Å²) in [5, 5.41) is 5.59. The molecule has 0 atom stereocenters. The second-order valence-electron chi connectivity index (χ2n) is 7.75. The predicted molar refractivity (Wildman–Crippen MR) is 139 cm³/mol. The van der Waals surface area contributed by atoms with Gasteiger partial charge in [0, 0.05) is 27.0 Å². The van der Waals surface area contributed by atoms with Crippen LogP contribution >= 0.6 is 34.8 Å². The van der Waals surface area contributed by atoms with Crippen LogP contribution in [0.1, 0.15) is 22.5 Å². The summed E-state index contributed by atoms with van der Waals surface area (Å²) in [6.07, 6.45) is 2.53. The maximum absolute atomic E-state index is 12.5. The van der Waals surface area contributed by atoms with Crippen LogP contribution in [-0.2, 0) is 14.8 Å². The summed E-state index contributed by atoms with van der Waals surface area (Å²) in [7, 11) is -3.72. The summed E-state index contributed by atoms with van der Waals surface area (Å²) >= 11 is 18.5. The van der Waals surface area contributed by atoms with E-state index in [1.54, 1.807) is 43.3 Å². The van der Waals surface area contributed by atoms with Crippen molar-refractivity contribution in [3.63, 3.8) is 0 Å². The first-order valence-electron chi connectivity index (χ1n) is 10.1. The van der Waals surface area contributed by atoms with Crippen molar-refractivity contribution in [1.29, 1.82) is 0 Å². The molecule has 0 spiro atoms. The number of anilines is 1. The molecule has 7 nitrogen and oxygen atoms in total. The summed E-state index contributed by atoms with van der Waals surface area (Å²) in [6.45, 7) is 5.09. The predicted octanol–water partition coefficient (Wildman–Crippen LogP) is 5.28. The number of sulfonamides is 1. The van der Waals surface area contributed by atoms with E-state index in [0.717, 1.165) is 33.2 Å². The monoisotopic (exact) mass is 540 g/mol. The van der Waals surface area contributed by atoms with Crippen LogP contribution in [0.5, 0.6) is 0 Å². The highest BCUT2D eigenvalue weighted by atomic mass is 35.5. The van der Waals surface area contributed by atoms with Gasteiger partial charge >= 0.3 is 0 Å². The molecule has 2 aromatic carbocycles.